The van der Waals surface area contributed by atoms with E-state index in [1.165, 1.54) is 49.3 Å². The molecule has 4 atom stereocenters. The highest BCUT2D eigenvalue weighted by Crippen LogP contribution is 2.45. The lowest BCUT2D eigenvalue weighted by atomic mass is 9.93. The molecule has 0 bridgehead atoms. The van der Waals surface area contributed by atoms with Crippen LogP contribution >= 0.6 is 23.2 Å². The second-order valence-corrected chi connectivity index (χ2v) is 12.9. The molecule has 1 fully saturated rings. The second-order valence-electron chi connectivity index (χ2n) is 10.9. The summed E-state index contributed by atoms with van der Waals surface area (Å²) in [5.74, 6) is 0.498. The number of nitrogens with zero attached hydrogens (tertiary/aromatic N) is 4. The SMILES string of the molecule is COc1cc(OC)c(Cl)c(-c2cc3cnc([S+](C)[O-])nc3n(CCC3C([NH+](C)[O-])CN3C(=O)OC(C)(C)C)c2=O)c1Cl. The largest absolute Gasteiger partial charge is 0.634 e. The first-order chi connectivity index (χ1) is 19.7. The first-order valence-corrected chi connectivity index (χ1v) is 15.3. The number of hydroxylamine groups is 2. The lowest BCUT2D eigenvalue weighted by Gasteiger charge is -2.50. The zero-order valence-corrected chi connectivity index (χ0v) is 26.6. The zero-order valence-electron chi connectivity index (χ0n) is 24.3. The summed E-state index contributed by atoms with van der Waals surface area (Å²) in [6.45, 7) is 5.56. The third-order valence-electron chi connectivity index (χ3n) is 6.96. The molecular formula is C27H33Cl2N5O7S. The van der Waals surface area contributed by atoms with Gasteiger partial charge in [0.15, 0.2) is 5.65 Å². The molecular weight excluding hydrogens is 609 g/mol. The minimum Gasteiger partial charge on any atom is -0.634 e. The van der Waals surface area contributed by atoms with Crippen molar-refractivity contribution in [3.63, 3.8) is 0 Å². The van der Waals surface area contributed by atoms with Gasteiger partial charge in [-0.3, -0.25) is 14.3 Å². The highest BCUT2D eigenvalue weighted by Gasteiger charge is 2.46. The highest BCUT2D eigenvalue weighted by atomic mass is 35.5. The third-order valence-corrected chi connectivity index (χ3v) is 8.42. The molecule has 0 spiro atoms. The number of carbonyl (C=O) groups excluding carboxylic acids is 1. The second kappa shape index (κ2) is 12.4. The number of likely N-dealkylation sites (N-methyl/N-ethyl adjacent to an activating group) is 1. The first kappa shape index (κ1) is 32.1. The summed E-state index contributed by atoms with van der Waals surface area (Å²) in [6, 6.07) is 2.15. The van der Waals surface area contributed by atoms with Crippen molar-refractivity contribution in [2.45, 2.75) is 56.6 Å². The van der Waals surface area contributed by atoms with Gasteiger partial charge in [0.2, 0.25) is 0 Å². The maximum Gasteiger partial charge on any atom is 0.410 e. The van der Waals surface area contributed by atoms with E-state index in [4.69, 9.17) is 37.4 Å². The van der Waals surface area contributed by atoms with E-state index in [0.29, 0.717) is 5.39 Å². The molecule has 228 valence electrons. The molecule has 0 radical (unpaired) electrons. The molecule has 2 aromatic heterocycles. The Morgan fingerprint density at radius 2 is 1.81 bits per heavy atom. The summed E-state index contributed by atoms with van der Waals surface area (Å²) in [5.41, 5.74) is -0.670. The Bertz CT molecular complexity index is 1530. The summed E-state index contributed by atoms with van der Waals surface area (Å²) < 4.78 is 29.9. The Morgan fingerprint density at radius 1 is 1.19 bits per heavy atom. The molecule has 0 aliphatic carbocycles. The van der Waals surface area contributed by atoms with Crippen LogP contribution in [0.3, 0.4) is 0 Å². The Hall–Kier alpha value is -2.81. The number of aromatic nitrogens is 3. The van der Waals surface area contributed by atoms with Crippen LogP contribution in [0.1, 0.15) is 27.2 Å². The number of ether oxygens (including phenoxy) is 3. The van der Waals surface area contributed by atoms with E-state index in [0.717, 1.165) is 0 Å². The van der Waals surface area contributed by atoms with Gasteiger partial charge in [-0.25, -0.2) is 4.79 Å². The van der Waals surface area contributed by atoms with Gasteiger partial charge in [-0.15, -0.1) is 0 Å². The van der Waals surface area contributed by atoms with E-state index in [1.54, 1.807) is 26.8 Å². The van der Waals surface area contributed by atoms with Crippen LogP contribution in [0, 0.1) is 5.21 Å². The molecule has 15 heteroatoms. The number of aryl methyl sites for hydroxylation is 1. The van der Waals surface area contributed by atoms with Crippen molar-refractivity contribution in [3.8, 4) is 22.6 Å². The van der Waals surface area contributed by atoms with Gasteiger partial charge in [-0.2, -0.15) is 9.97 Å². The monoisotopic (exact) mass is 641 g/mol. The molecule has 1 N–H and O–H groups in total. The number of pyridine rings is 1. The smallest absolute Gasteiger partial charge is 0.410 e. The van der Waals surface area contributed by atoms with Gasteiger partial charge >= 0.3 is 11.2 Å². The minimum absolute atomic E-state index is 0.0446. The van der Waals surface area contributed by atoms with Crippen molar-refractivity contribution in [1.29, 1.82) is 0 Å². The van der Waals surface area contributed by atoms with E-state index < -0.39 is 40.5 Å². The standard InChI is InChI=1S/C27H33Cl2N5O7S/c1-27(2,3)41-26(36)34-13-17(32(4)37)16(34)8-9-33-23-14(12-30-25(31-23)42(7)38)10-15(24(33)35)20-21(28)18(39-5)11-19(40-6)22(20)29/h10-12,16-17,32H,8-9,13H2,1-7H3. The van der Waals surface area contributed by atoms with Gasteiger partial charge in [0, 0.05) is 40.9 Å². The van der Waals surface area contributed by atoms with Crippen LogP contribution in [0.4, 0.5) is 4.79 Å². The molecule has 3 aromatic rings. The fraction of sp³-hybridized carbons (Fsp3) is 0.481. The van der Waals surface area contributed by atoms with Crippen LogP contribution in [0.25, 0.3) is 22.2 Å². The Morgan fingerprint density at radius 3 is 2.33 bits per heavy atom. The minimum atomic E-state index is -1.52. The maximum atomic E-state index is 14.2. The summed E-state index contributed by atoms with van der Waals surface area (Å²) in [4.78, 5) is 37.2. The highest BCUT2D eigenvalue weighted by molar-refractivity contribution is 7.90. The Balaban J connectivity index is 1.85. The summed E-state index contributed by atoms with van der Waals surface area (Å²) in [7, 11) is 4.33. The fourth-order valence-electron chi connectivity index (χ4n) is 4.89. The van der Waals surface area contributed by atoms with E-state index in [1.807, 2.05) is 0 Å². The average Bonchev–Trinajstić information content (AvgIpc) is 2.88. The van der Waals surface area contributed by atoms with Crippen LogP contribution in [0.2, 0.25) is 10.0 Å². The van der Waals surface area contributed by atoms with Crippen LogP contribution < -0.4 is 20.1 Å². The van der Waals surface area contributed by atoms with Crippen LogP contribution in [0.5, 0.6) is 11.5 Å². The first-order valence-electron chi connectivity index (χ1n) is 13.0. The van der Waals surface area contributed by atoms with Crippen molar-refractivity contribution < 1.29 is 28.6 Å². The van der Waals surface area contributed by atoms with Crippen LogP contribution in [-0.2, 0) is 22.5 Å². The number of hydrogen-bond donors (Lipinski definition) is 1. The number of amides is 1. The average molecular weight is 643 g/mol. The topological polar surface area (TPSA) is 146 Å². The van der Waals surface area contributed by atoms with E-state index in [9.17, 15) is 19.3 Å². The van der Waals surface area contributed by atoms with Gasteiger partial charge in [-0.05, 0) is 33.3 Å². The molecule has 4 unspecified atom stereocenters. The molecule has 1 aliphatic rings. The molecule has 1 saturated heterocycles. The van der Waals surface area contributed by atoms with Gasteiger partial charge in [0.1, 0.15) is 29.4 Å². The van der Waals surface area contributed by atoms with E-state index in [-0.39, 0.29) is 68.0 Å². The van der Waals surface area contributed by atoms with Crippen molar-refractivity contribution in [3.05, 3.63) is 43.9 Å². The van der Waals surface area contributed by atoms with E-state index in [2.05, 4.69) is 9.97 Å². The molecule has 4 rings (SSSR count). The van der Waals surface area contributed by atoms with Crippen LogP contribution in [-0.4, -0.2) is 81.8 Å². The molecule has 1 aliphatic heterocycles. The number of methoxy groups -OCH3 is 2. The summed E-state index contributed by atoms with van der Waals surface area (Å²) >= 11 is 11.8. The van der Waals surface area contributed by atoms with Crippen molar-refractivity contribution in [2.24, 2.45) is 0 Å². The lowest BCUT2D eigenvalue weighted by molar-refractivity contribution is -0.865. The number of rotatable bonds is 8. The van der Waals surface area contributed by atoms with Crippen molar-refractivity contribution in [1.82, 2.24) is 19.4 Å². The molecule has 3 heterocycles. The zero-order chi connectivity index (χ0) is 31.1. The summed E-state index contributed by atoms with van der Waals surface area (Å²) in [5, 5.41) is 13.0. The van der Waals surface area contributed by atoms with E-state index >= 15 is 0 Å². The molecule has 1 amide bonds. The predicted octanol–water partition coefficient (Wildman–Crippen LogP) is 2.91. The molecule has 1 aromatic carbocycles. The van der Waals surface area contributed by atoms with Gasteiger partial charge < -0.3 is 29.0 Å². The molecule has 12 nitrogen and oxygen atoms in total. The van der Waals surface area contributed by atoms with Crippen molar-refractivity contribution >= 4 is 51.5 Å². The quantitative estimate of drug-likeness (QED) is 0.223. The number of benzene rings is 1. The normalized spacial score (nSPS) is 18.4. The number of halogens is 2. The molecule has 0 saturated carbocycles. The molecule has 42 heavy (non-hydrogen) atoms. The Kier molecular flexibility index (Phi) is 9.50. The number of carbonyl (C=O) groups is 1. The summed E-state index contributed by atoms with van der Waals surface area (Å²) in [6.07, 6.45) is 2.60. The number of likely N-dealkylation sites (tertiary alicyclic amines) is 1. The van der Waals surface area contributed by atoms with Crippen molar-refractivity contribution in [2.75, 3.05) is 34.1 Å². The van der Waals surface area contributed by atoms with Crippen LogP contribution in [0.15, 0.2) is 28.3 Å². The number of quaternary nitrogens is 1. The number of nitrogens with one attached hydrogen (secondary N) is 1. The third kappa shape index (κ3) is 6.26. The number of fused-ring (bicyclic) bond motifs is 1. The predicted molar refractivity (Wildman–Crippen MR) is 160 cm³/mol. The lowest BCUT2D eigenvalue weighted by Crippen LogP contribution is -3.14. The van der Waals surface area contributed by atoms with Gasteiger partial charge in [-0.1, -0.05) is 23.2 Å². The Labute approximate surface area is 256 Å². The number of hydrogen-bond acceptors (Lipinski definition) is 9. The van der Waals surface area contributed by atoms with Gasteiger partial charge in [0.05, 0.1) is 49.5 Å². The maximum absolute atomic E-state index is 14.2. The fourth-order valence-corrected chi connectivity index (χ4v) is 6.01. The van der Waals surface area contributed by atoms with Gasteiger partial charge in [0.25, 0.3) is 5.56 Å².